The number of benzene rings is 1. The van der Waals surface area contributed by atoms with Gasteiger partial charge in [0.15, 0.2) is 0 Å². The third-order valence-corrected chi connectivity index (χ3v) is 3.44. The molecule has 0 spiro atoms. The maximum absolute atomic E-state index is 11.9. The number of carbonyl (C=O) groups is 1. The molecule has 5 heteroatoms. The highest BCUT2D eigenvalue weighted by molar-refractivity contribution is 6.36. The number of carbonyl (C=O) groups excluding carboxylic acids is 1. The van der Waals surface area contributed by atoms with Crippen LogP contribution in [0.1, 0.15) is 16.8 Å². The Morgan fingerprint density at radius 2 is 2.29 bits per heavy atom. The average Bonchev–Trinajstić information content (AvgIpc) is 2.78. The summed E-state index contributed by atoms with van der Waals surface area (Å²) in [5, 5.41) is 7.08. The van der Waals surface area contributed by atoms with Gasteiger partial charge in [0.25, 0.3) is 5.91 Å². The molecular weight excluding hydrogens is 259 g/mol. The second-order valence-electron chi connectivity index (χ2n) is 4.19. The van der Waals surface area contributed by atoms with Gasteiger partial charge in [0.1, 0.15) is 0 Å². The fraction of sp³-hybridized carbons (Fsp3) is 0.417. The van der Waals surface area contributed by atoms with Gasteiger partial charge in [-0.25, -0.2) is 0 Å². The highest BCUT2D eigenvalue weighted by Gasteiger charge is 2.16. The van der Waals surface area contributed by atoms with Gasteiger partial charge in [-0.1, -0.05) is 23.2 Å². The molecule has 0 aliphatic carbocycles. The van der Waals surface area contributed by atoms with Crippen LogP contribution in [-0.4, -0.2) is 25.5 Å². The van der Waals surface area contributed by atoms with Crippen LogP contribution in [0.15, 0.2) is 18.2 Å². The number of amides is 1. The minimum atomic E-state index is -0.140. The first-order valence-corrected chi connectivity index (χ1v) is 6.36. The Morgan fingerprint density at radius 3 is 2.94 bits per heavy atom. The maximum Gasteiger partial charge on any atom is 0.252 e. The Labute approximate surface area is 110 Å². The van der Waals surface area contributed by atoms with E-state index in [0.29, 0.717) is 28.1 Å². The van der Waals surface area contributed by atoms with Crippen LogP contribution in [-0.2, 0) is 0 Å². The van der Waals surface area contributed by atoms with Crippen molar-refractivity contribution in [1.29, 1.82) is 0 Å². The Bertz CT molecular complexity index is 417. The maximum atomic E-state index is 11.9. The Balaban J connectivity index is 1.94. The predicted molar refractivity (Wildman–Crippen MR) is 69.8 cm³/mol. The van der Waals surface area contributed by atoms with Gasteiger partial charge in [0.2, 0.25) is 0 Å². The number of hydrogen-bond acceptors (Lipinski definition) is 2. The van der Waals surface area contributed by atoms with Crippen LogP contribution in [0, 0.1) is 5.92 Å². The first-order chi connectivity index (χ1) is 8.16. The summed E-state index contributed by atoms with van der Waals surface area (Å²) < 4.78 is 0. The topological polar surface area (TPSA) is 41.1 Å². The van der Waals surface area contributed by atoms with Gasteiger partial charge in [-0.15, -0.1) is 0 Å². The van der Waals surface area contributed by atoms with E-state index < -0.39 is 0 Å². The van der Waals surface area contributed by atoms with E-state index in [0.717, 1.165) is 19.5 Å². The summed E-state index contributed by atoms with van der Waals surface area (Å²) >= 11 is 11.7. The van der Waals surface area contributed by atoms with E-state index >= 15 is 0 Å². The van der Waals surface area contributed by atoms with E-state index in [2.05, 4.69) is 10.6 Å². The summed E-state index contributed by atoms with van der Waals surface area (Å²) in [6, 6.07) is 4.89. The molecule has 0 saturated carbocycles. The molecule has 1 atom stereocenters. The van der Waals surface area contributed by atoms with Gasteiger partial charge in [-0.2, -0.15) is 0 Å². The van der Waals surface area contributed by atoms with Crippen LogP contribution in [0.25, 0.3) is 0 Å². The summed E-state index contributed by atoms with van der Waals surface area (Å²) in [6.07, 6.45) is 1.11. The fourth-order valence-electron chi connectivity index (χ4n) is 1.89. The summed E-state index contributed by atoms with van der Waals surface area (Å²) in [6.45, 7) is 2.68. The van der Waals surface area contributed by atoms with Crippen LogP contribution >= 0.6 is 23.2 Å². The number of halogens is 2. The van der Waals surface area contributed by atoms with Crippen LogP contribution in [0.5, 0.6) is 0 Å². The van der Waals surface area contributed by atoms with Gasteiger partial charge in [-0.05, 0) is 43.6 Å². The lowest BCUT2D eigenvalue weighted by Crippen LogP contribution is -2.30. The van der Waals surface area contributed by atoms with Crippen molar-refractivity contribution in [2.24, 2.45) is 5.92 Å². The number of nitrogens with one attached hydrogen (secondary N) is 2. The lowest BCUT2D eigenvalue weighted by Gasteiger charge is -2.10. The fourth-order valence-corrected chi connectivity index (χ4v) is 2.39. The van der Waals surface area contributed by atoms with E-state index in [-0.39, 0.29) is 5.91 Å². The van der Waals surface area contributed by atoms with Gasteiger partial charge in [-0.3, -0.25) is 4.79 Å². The SMILES string of the molecule is O=C(NCC1CCNC1)c1ccc(Cl)cc1Cl. The molecule has 1 amide bonds. The molecule has 3 nitrogen and oxygen atoms in total. The van der Waals surface area contributed by atoms with Gasteiger partial charge >= 0.3 is 0 Å². The highest BCUT2D eigenvalue weighted by Crippen LogP contribution is 2.20. The molecule has 0 aromatic heterocycles. The van der Waals surface area contributed by atoms with Crippen LogP contribution in [0.4, 0.5) is 0 Å². The molecule has 1 heterocycles. The molecule has 1 aliphatic heterocycles. The molecule has 1 fully saturated rings. The number of rotatable bonds is 3. The molecular formula is C12H14Cl2N2O. The molecule has 0 bridgehead atoms. The third-order valence-electron chi connectivity index (χ3n) is 2.89. The lowest BCUT2D eigenvalue weighted by atomic mass is 10.1. The predicted octanol–water partition coefficient (Wildman–Crippen LogP) is 2.33. The molecule has 2 N–H and O–H groups in total. The zero-order valence-electron chi connectivity index (χ0n) is 9.30. The van der Waals surface area contributed by atoms with Crippen LogP contribution < -0.4 is 10.6 Å². The Morgan fingerprint density at radius 1 is 1.47 bits per heavy atom. The zero-order chi connectivity index (χ0) is 12.3. The Hall–Kier alpha value is -0.770. The summed E-state index contributed by atoms with van der Waals surface area (Å²) in [4.78, 5) is 11.9. The smallest absolute Gasteiger partial charge is 0.252 e. The van der Waals surface area contributed by atoms with Gasteiger partial charge in [0.05, 0.1) is 10.6 Å². The molecule has 17 heavy (non-hydrogen) atoms. The van der Waals surface area contributed by atoms with Crippen LogP contribution in [0.2, 0.25) is 10.0 Å². The van der Waals surface area contributed by atoms with Crippen molar-refractivity contribution in [2.75, 3.05) is 19.6 Å². The zero-order valence-corrected chi connectivity index (χ0v) is 10.8. The van der Waals surface area contributed by atoms with Crippen molar-refractivity contribution >= 4 is 29.1 Å². The minimum absolute atomic E-state index is 0.140. The van der Waals surface area contributed by atoms with E-state index in [1.165, 1.54) is 0 Å². The highest BCUT2D eigenvalue weighted by atomic mass is 35.5. The second kappa shape index (κ2) is 5.71. The molecule has 1 saturated heterocycles. The Kier molecular flexibility index (Phi) is 4.26. The van der Waals surface area contributed by atoms with Crippen molar-refractivity contribution < 1.29 is 4.79 Å². The third kappa shape index (κ3) is 3.35. The molecule has 0 radical (unpaired) electrons. The van der Waals surface area contributed by atoms with Crippen LogP contribution in [0.3, 0.4) is 0 Å². The van der Waals surface area contributed by atoms with E-state index in [4.69, 9.17) is 23.2 Å². The van der Waals surface area contributed by atoms with Crippen molar-refractivity contribution in [3.05, 3.63) is 33.8 Å². The standard InChI is InChI=1S/C12H14Cl2N2O/c13-9-1-2-10(11(14)5-9)12(17)16-7-8-3-4-15-6-8/h1-2,5,8,15H,3-4,6-7H2,(H,16,17). The van der Waals surface area contributed by atoms with Gasteiger partial charge in [0, 0.05) is 11.6 Å². The molecule has 1 aromatic carbocycles. The summed E-state index contributed by atoms with van der Waals surface area (Å²) in [7, 11) is 0. The number of hydrogen-bond donors (Lipinski definition) is 2. The first kappa shape index (κ1) is 12.7. The summed E-state index contributed by atoms with van der Waals surface area (Å²) in [5.41, 5.74) is 0.474. The quantitative estimate of drug-likeness (QED) is 0.887. The van der Waals surface area contributed by atoms with E-state index in [9.17, 15) is 4.79 Å². The minimum Gasteiger partial charge on any atom is -0.352 e. The van der Waals surface area contributed by atoms with E-state index in [1.807, 2.05) is 0 Å². The van der Waals surface area contributed by atoms with Crippen molar-refractivity contribution in [2.45, 2.75) is 6.42 Å². The van der Waals surface area contributed by atoms with Crippen molar-refractivity contribution in [3.8, 4) is 0 Å². The average molecular weight is 273 g/mol. The molecule has 92 valence electrons. The first-order valence-electron chi connectivity index (χ1n) is 5.61. The molecule has 1 aromatic rings. The second-order valence-corrected chi connectivity index (χ2v) is 5.04. The lowest BCUT2D eigenvalue weighted by molar-refractivity contribution is 0.0948. The molecule has 1 unspecified atom stereocenters. The van der Waals surface area contributed by atoms with Crippen molar-refractivity contribution in [3.63, 3.8) is 0 Å². The molecule has 1 aliphatic rings. The largest absolute Gasteiger partial charge is 0.352 e. The monoisotopic (exact) mass is 272 g/mol. The molecule has 2 rings (SSSR count). The van der Waals surface area contributed by atoms with Crippen molar-refractivity contribution in [1.82, 2.24) is 10.6 Å². The normalized spacial score (nSPS) is 19.3. The van der Waals surface area contributed by atoms with Gasteiger partial charge < -0.3 is 10.6 Å². The van der Waals surface area contributed by atoms with E-state index in [1.54, 1.807) is 18.2 Å². The summed E-state index contributed by atoms with van der Waals surface area (Å²) in [5.74, 6) is 0.378.